The molecule has 0 aliphatic carbocycles. The summed E-state index contributed by atoms with van der Waals surface area (Å²) < 4.78 is 6.93. The van der Waals surface area contributed by atoms with Crippen molar-refractivity contribution in [3.8, 4) is 0 Å². The zero-order chi connectivity index (χ0) is 21.4. The highest BCUT2D eigenvalue weighted by Gasteiger charge is 2.24. The molecule has 0 radical (unpaired) electrons. The van der Waals surface area contributed by atoms with Crippen LogP contribution in [-0.2, 0) is 4.74 Å². The standard InChI is InChI=1S/C22H28N4O3S/c1-12(2)21(24-22(28)16-11-30-14(4)13(16)3)18-10-20(27)26-19(23-18)9-17(25-26)15-5-7-29-8-6-15/h9-12,15,21,25H,5-8H2,1-4H3,(H,24,28). The number of hydrogen-bond donors (Lipinski definition) is 2. The van der Waals surface area contributed by atoms with Gasteiger partial charge in [0.25, 0.3) is 11.5 Å². The number of aromatic nitrogens is 3. The number of carbonyl (C=O) groups is 1. The highest BCUT2D eigenvalue weighted by atomic mass is 32.1. The van der Waals surface area contributed by atoms with Crippen molar-refractivity contribution in [2.24, 2.45) is 5.92 Å². The molecule has 1 aliphatic heterocycles. The van der Waals surface area contributed by atoms with Crippen molar-refractivity contribution >= 4 is 22.9 Å². The number of nitrogens with one attached hydrogen (secondary N) is 2. The van der Waals surface area contributed by atoms with E-state index in [0.29, 0.717) is 22.8 Å². The van der Waals surface area contributed by atoms with Gasteiger partial charge in [-0.3, -0.25) is 14.7 Å². The van der Waals surface area contributed by atoms with E-state index in [1.54, 1.807) is 11.3 Å². The van der Waals surface area contributed by atoms with Gasteiger partial charge in [-0.15, -0.1) is 11.3 Å². The fraction of sp³-hybridized carbons (Fsp3) is 0.500. The second-order valence-corrected chi connectivity index (χ2v) is 9.42. The minimum Gasteiger partial charge on any atom is -0.381 e. The van der Waals surface area contributed by atoms with Crippen molar-refractivity contribution in [1.82, 2.24) is 19.9 Å². The lowest BCUT2D eigenvalue weighted by Crippen LogP contribution is -2.33. The quantitative estimate of drug-likeness (QED) is 0.648. The Labute approximate surface area is 179 Å². The lowest BCUT2D eigenvalue weighted by molar-refractivity contribution is 0.0844. The predicted molar refractivity (Wildman–Crippen MR) is 117 cm³/mol. The molecule has 160 valence electrons. The van der Waals surface area contributed by atoms with Crippen molar-refractivity contribution in [1.29, 1.82) is 0 Å². The molecular weight excluding hydrogens is 400 g/mol. The highest BCUT2D eigenvalue weighted by molar-refractivity contribution is 7.10. The summed E-state index contributed by atoms with van der Waals surface area (Å²) in [6.07, 6.45) is 1.86. The van der Waals surface area contributed by atoms with Crippen LogP contribution in [0.15, 0.2) is 22.3 Å². The third-order valence-electron chi connectivity index (χ3n) is 5.95. The molecule has 1 fully saturated rings. The molecule has 1 saturated heterocycles. The van der Waals surface area contributed by atoms with E-state index in [1.165, 1.54) is 10.6 Å². The van der Waals surface area contributed by atoms with Gasteiger partial charge < -0.3 is 10.1 Å². The molecular formula is C22H28N4O3S. The second-order valence-electron chi connectivity index (χ2n) is 8.34. The molecule has 0 bridgehead atoms. The van der Waals surface area contributed by atoms with Gasteiger partial charge in [0.1, 0.15) is 0 Å². The summed E-state index contributed by atoms with van der Waals surface area (Å²) >= 11 is 1.57. The third-order valence-corrected chi connectivity index (χ3v) is 6.97. The number of aromatic amines is 1. The van der Waals surface area contributed by atoms with Crippen LogP contribution in [0.25, 0.3) is 5.65 Å². The van der Waals surface area contributed by atoms with Gasteiger partial charge in [-0.05, 0) is 38.2 Å². The average Bonchev–Trinajstić information content (AvgIpc) is 3.30. The number of rotatable bonds is 5. The van der Waals surface area contributed by atoms with E-state index < -0.39 is 0 Å². The Morgan fingerprint density at radius 1 is 1.30 bits per heavy atom. The maximum absolute atomic E-state index is 12.9. The van der Waals surface area contributed by atoms with Crippen LogP contribution in [-0.4, -0.2) is 33.7 Å². The number of fused-ring (bicyclic) bond motifs is 1. The maximum atomic E-state index is 12.9. The fourth-order valence-corrected chi connectivity index (χ4v) is 4.81. The van der Waals surface area contributed by atoms with Gasteiger partial charge in [0.05, 0.1) is 17.3 Å². The van der Waals surface area contributed by atoms with Gasteiger partial charge in [0.2, 0.25) is 0 Å². The molecule has 1 amide bonds. The van der Waals surface area contributed by atoms with E-state index in [2.05, 4.69) is 10.4 Å². The summed E-state index contributed by atoms with van der Waals surface area (Å²) in [7, 11) is 0. The van der Waals surface area contributed by atoms with Crippen LogP contribution in [0, 0.1) is 19.8 Å². The van der Waals surface area contributed by atoms with Crippen LogP contribution in [0.3, 0.4) is 0 Å². The minimum absolute atomic E-state index is 0.0808. The van der Waals surface area contributed by atoms with E-state index in [9.17, 15) is 9.59 Å². The smallest absolute Gasteiger partial charge is 0.272 e. The van der Waals surface area contributed by atoms with Crippen LogP contribution in [0.5, 0.6) is 0 Å². The maximum Gasteiger partial charge on any atom is 0.272 e. The predicted octanol–water partition coefficient (Wildman–Crippen LogP) is 3.72. The topological polar surface area (TPSA) is 88.5 Å². The summed E-state index contributed by atoms with van der Waals surface area (Å²) in [6, 6.07) is 3.12. The number of H-pyrrole nitrogens is 1. The molecule has 1 atom stereocenters. The molecule has 1 aliphatic rings. The molecule has 4 rings (SSSR count). The molecule has 3 aromatic rings. The van der Waals surface area contributed by atoms with E-state index >= 15 is 0 Å². The fourth-order valence-electron chi connectivity index (χ4n) is 3.94. The Morgan fingerprint density at radius 2 is 2.03 bits per heavy atom. The molecule has 0 saturated carbocycles. The van der Waals surface area contributed by atoms with Crippen LogP contribution >= 0.6 is 11.3 Å². The summed E-state index contributed by atoms with van der Waals surface area (Å²) in [5.41, 5.74) is 3.69. The van der Waals surface area contributed by atoms with E-state index in [4.69, 9.17) is 9.72 Å². The largest absolute Gasteiger partial charge is 0.381 e. The number of thiophene rings is 1. The van der Waals surface area contributed by atoms with E-state index in [1.807, 2.05) is 39.1 Å². The molecule has 0 spiro atoms. The monoisotopic (exact) mass is 428 g/mol. The van der Waals surface area contributed by atoms with Crippen molar-refractivity contribution < 1.29 is 9.53 Å². The molecule has 30 heavy (non-hydrogen) atoms. The second kappa shape index (κ2) is 8.35. The first-order valence-corrected chi connectivity index (χ1v) is 11.3. The van der Waals surface area contributed by atoms with Crippen molar-refractivity contribution in [3.63, 3.8) is 0 Å². The number of nitrogens with zero attached hydrogens (tertiary/aromatic N) is 2. The summed E-state index contributed by atoms with van der Waals surface area (Å²) in [4.78, 5) is 31.6. The number of hydrogen-bond acceptors (Lipinski definition) is 5. The first-order chi connectivity index (χ1) is 14.3. The summed E-state index contributed by atoms with van der Waals surface area (Å²) in [5.74, 6) is 0.292. The molecule has 1 unspecified atom stereocenters. The Kier molecular flexibility index (Phi) is 5.79. The SMILES string of the molecule is Cc1scc(C(=O)NC(c2cc(=O)n3[nH]c(C4CCOCC4)cc3n2)C(C)C)c1C. The van der Waals surface area contributed by atoms with E-state index in [0.717, 1.165) is 42.2 Å². The number of aryl methyl sites for hydroxylation is 1. The third kappa shape index (κ3) is 3.94. The number of ether oxygens (including phenoxy) is 1. The number of amides is 1. The van der Waals surface area contributed by atoms with Gasteiger partial charge in [0.15, 0.2) is 5.65 Å². The summed E-state index contributed by atoms with van der Waals surface area (Å²) in [6.45, 7) is 9.47. The van der Waals surface area contributed by atoms with Crippen LogP contribution in [0.2, 0.25) is 0 Å². The Balaban J connectivity index is 1.65. The Hall–Kier alpha value is -2.45. The lowest BCUT2D eigenvalue weighted by Gasteiger charge is -2.22. The van der Waals surface area contributed by atoms with E-state index in [-0.39, 0.29) is 23.4 Å². The normalized spacial score (nSPS) is 16.3. The van der Waals surface area contributed by atoms with Crippen molar-refractivity contribution in [3.05, 3.63) is 55.3 Å². The Bertz CT molecular complexity index is 1120. The van der Waals surface area contributed by atoms with Crippen molar-refractivity contribution in [2.75, 3.05) is 13.2 Å². The molecule has 4 heterocycles. The molecule has 7 nitrogen and oxygen atoms in total. The van der Waals surface area contributed by atoms with Gasteiger partial charge in [0, 0.05) is 47.2 Å². The van der Waals surface area contributed by atoms with Gasteiger partial charge in [-0.2, -0.15) is 0 Å². The Morgan fingerprint density at radius 3 is 2.67 bits per heavy atom. The van der Waals surface area contributed by atoms with Crippen LogP contribution in [0.4, 0.5) is 0 Å². The van der Waals surface area contributed by atoms with Gasteiger partial charge >= 0.3 is 0 Å². The zero-order valence-corrected chi connectivity index (χ0v) is 18.6. The van der Waals surface area contributed by atoms with Crippen LogP contribution < -0.4 is 10.9 Å². The summed E-state index contributed by atoms with van der Waals surface area (Å²) in [5, 5.41) is 8.19. The first kappa shape index (κ1) is 20.8. The highest BCUT2D eigenvalue weighted by Crippen LogP contribution is 2.27. The zero-order valence-electron chi connectivity index (χ0n) is 17.8. The average molecular weight is 429 g/mol. The lowest BCUT2D eigenvalue weighted by atomic mass is 9.97. The first-order valence-electron chi connectivity index (χ1n) is 10.4. The molecule has 8 heteroatoms. The number of carbonyl (C=O) groups excluding carboxylic acids is 1. The van der Waals surface area contributed by atoms with Gasteiger partial charge in [-0.25, -0.2) is 9.50 Å². The molecule has 3 aromatic heterocycles. The van der Waals surface area contributed by atoms with Gasteiger partial charge in [-0.1, -0.05) is 13.8 Å². The molecule has 0 aromatic carbocycles. The molecule has 2 N–H and O–H groups in total. The van der Waals surface area contributed by atoms with Crippen LogP contribution in [0.1, 0.15) is 70.8 Å². The minimum atomic E-state index is -0.351. The van der Waals surface area contributed by atoms with Crippen molar-refractivity contribution in [2.45, 2.75) is 52.5 Å².